The summed E-state index contributed by atoms with van der Waals surface area (Å²) < 4.78 is 55.2. The van der Waals surface area contributed by atoms with E-state index < -0.39 is 46.4 Å². The van der Waals surface area contributed by atoms with E-state index in [0.29, 0.717) is 11.0 Å². The molecular weight excluding hydrogens is 562 g/mol. The van der Waals surface area contributed by atoms with E-state index in [2.05, 4.69) is 0 Å². The third-order valence-electron chi connectivity index (χ3n) is 7.41. The first-order valence-corrected chi connectivity index (χ1v) is 13.1. The van der Waals surface area contributed by atoms with Crippen molar-refractivity contribution in [2.24, 2.45) is 0 Å². The number of nitriles is 1. The first kappa shape index (κ1) is 29.2. The lowest BCUT2D eigenvalue weighted by molar-refractivity contribution is -0.137. The summed E-state index contributed by atoms with van der Waals surface area (Å²) in [7, 11) is 0. The molecule has 0 atom stereocenters. The third kappa shape index (κ3) is 5.37. The average molecular weight is 586 g/mol. The topological polar surface area (TPSA) is 81.5 Å². The monoisotopic (exact) mass is 585 g/mol. The Morgan fingerprint density at radius 2 is 1.53 bits per heavy atom. The summed E-state index contributed by atoms with van der Waals surface area (Å²) in [4.78, 5) is 42.2. The van der Waals surface area contributed by atoms with Crippen LogP contribution < -0.4 is 4.90 Å². The van der Waals surface area contributed by atoms with Crippen molar-refractivity contribution in [1.82, 2.24) is 4.90 Å². The fraction of sp³-hybridized carbons (Fsp3) is 0.152. The quantitative estimate of drug-likeness (QED) is 0.135. The number of ketones is 1. The van der Waals surface area contributed by atoms with E-state index in [-0.39, 0.29) is 28.9 Å². The molecule has 0 bridgehead atoms. The first-order valence-electron chi connectivity index (χ1n) is 13.1. The molecule has 0 spiro atoms. The van der Waals surface area contributed by atoms with E-state index in [9.17, 15) is 31.9 Å². The number of benzene rings is 4. The van der Waals surface area contributed by atoms with Crippen molar-refractivity contribution >= 4 is 23.4 Å². The molecular formula is C33H23F4N3O3. The lowest BCUT2D eigenvalue weighted by Gasteiger charge is -2.28. The fourth-order valence-electron chi connectivity index (χ4n) is 5.00. The van der Waals surface area contributed by atoms with Crippen LogP contribution in [0.25, 0.3) is 11.1 Å². The molecule has 4 aromatic carbocycles. The van der Waals surface area contributed by atoms with Crippen molar-refractivity contribution in [2.45, 2.75) is 32.1 Å². The summed E-state index contributed by atoms with van der Waals surface area (Å²) in [6.07, 6.45) is -4.90. The molecule has 0 aliphatic carbocycles. The van der Waals surface area contributed by atoms with Crippen LogP contribution in [0.15, 0.2) is 91.0 Å². The van der Waals surface area contributed by atoms with Gasteiger partial charge in [-0.25, -0.2) is 14.1 Å². The molecule has 0 aromatic heterocycles. The molecule has 43 heavy (non-hydrogen) atoms. The van der Waals surface area contributed by atoms with Crippen LogP contribution in [0.5, 0.6) is 0 Å². The van der Waals surface area contributed by atoms with Gasteiger partial charge in [-0.2, -0.15) is 18.4 Å². The van der Waals surface area contributed by atoms with Crippen LogP contribution >= 0.6 is 0 Å². The maximum absolute atomic E-state index is 14.4. The third-order valence-corrected chi connectivity index (χ3v) is 7.41. The molecule has 5 rings (SSSR count). The molecule has 1 fully saturated rings. The highest BCUT2D eigenvalue weighted by atomic mass is 19.4. The van der Waals surface area contributed by atoms with Gasteiger partial charge < -0.3 is 4.90 Å². The van der Waals surface area contributed by atoms with Crippen LogP contribution in [0.1, 0.15) is 46.5 Å². The standard InChI is InChI=1S/C33H23F4N3O3/c1-32(2)30(42)40(26-15-13-23(18-38)28(17-26)33(35,36)37)31(43)39(32)19-24-12-14-25(34)16-27(24)29(41)22-10-8-21(9-11-22)20-6-4-3-5-7-20/h3-17H,19H2,1-2H3. The largest absolute Gasteiger partial charge is 0.417 e. The summed E-state index contributed by atoms with van der Waals surface area (Å²) in [6.45, 7) is 2.55. The van der Waals surface area contributed by atoms with Crippen molar-refractivity contribution in [3.63, 3.8) is 0 Å². The maximum atomic E-state index is 14.4. The summed E-state index contributed by atoms with van der Waals surface area (Å²) in [5.41, 5.74) is -1.52. The number of hydrogen-bond donors (Lipinski definition) is 0. The van der Waals surface area contributed by atoms with E-state index in [0.717, 1.165) is 40.3 Å². The van der Waals surface area contributed by atoms with Crippen molar-refractivity contribution in [3.05, 3.63) is 125 Å². The zero-order chi connectivity index (χ0) is 31.1. The molecule has 10 heteroatoms. The van der Waals surface area contributed by atoms with E-state index in [1.165, 1.54) is 26.0 Å². The predicted octanol–water partition coefficient (Wildman–Crippen LogP) is 7.36. The molecule has 0 radical (unpaired) electrons. The summed E-state index contributed by atoms with van der Waals surface area (Å²) >= 11 is 0. The smallest absolute Gasteiger partial charge is 0.305 e. The van der Waals surface area contributed by atoms with Crippen LogP contribution in [-0.2, 0) is 17.5 Å². The number of carbonyl (C=O) groups is 3. The molecule has 6 nitrogen and oxygen atoms in total. The zero-order valence-electron chi connectivity index (χ0n) is 22.9. The minimum Gasteiger partial charge on any atom is -0.305 e. The van der Waals surface area contributed by atoms with Crippen LogP contribution in [-0.4, -0.2) is 28.2 Å². The summed E-state index contributed by atoms with van der Waals surface area (Å²) in [6, 6.07) is 22.8. The zero-order valence-corrected chi connectivity index (χ0v) is 22.9. The Hall–Kier alpha value is -5.30. The molecule has 4 aromatic rings. The predicted molar refractivity (Wildman–Crippen MR) is 150 cm³/mol. The van der Waals surface area contributed by atoms with Gasteiger partial charge in [0.15, 0.2) is 5.78 Å². The second-order valence-corrected chi connectivity index (χ2v) is 10.5. The number of urea groups is 1. The second kappa shape index (κ2) is 10.8. The van der Waals surface area contributed by atoms with Gasteiger partial charge in [-0.15, -0.1) is 0 Å². The fourth-order valence-corrected chi connectivity index (χ4v) is 5.00. The second-order valence-electron chi connectivity index (χ2n) is 10.5. The van der Waals surface area contributed by atoms with Gasteiger partial charge in [0, 0.05) is 17.7 Å². The van der Waals surface area contributed by atoms with Crippen molar-refractivity contribution in [1.29, 1.82) is 5.26 Å². The lowest BCUT2D eigenvalue weighted by atomic mass is 9.95. The Labute approximate surface area is 244 Å². The lowest BCUT2D eigenvalue weighted by Crippen LogP contribution is -2.43. The molecule has 1 aliphatic rings. The summed E-state index contributed by atoms with van der Waals surface area (Å²) in [5, 5.41) is 9.11. The molecule has 0 saturated carbocycles. The van der Waals surface area contributed by atoms with Gasteiger partial charge in [-0.1, -0.05) is 60.7 Å². The SMILES string of the molecule is CC1(C)C(=O)N(c2ccc(C#N)c(C(F)(F)F)c2)C(=O)N1Cc1ccc(F)cc1C(=O)c1ccc(-c2ccccc2)cc1. The molecule has 1 saturated heterocycles. The van der Waals surface area contributed by atoms with Crippen LogP contribution in [0.2, 0.25) is 0 Å². The van der Waals surface area contributed by atoms with E-state index >= 15 is 0 Å². The Balaban J connectivity index is 1.47. The Morgan fingerprint density at radius 1 is 0.884 bits per heavy atom. The minimum absolute atomic E-state index is 0.0281. The highest BCUT2D eigenvalue weighted by molar-refractivity contribution is 6.23. The molecule has 0 unspecified atom stereocenters. The van der Waals surface area contributed by atoms with Crippen LogP contribution in [0, 0.1) is 17.1 Å². The molecule has 3 amide bonds. The number of nitrogens with zero attached hydrogens (tertiary/aromatic N) is 3. The van der Waals surface area contributed by atoms with Gasteiger partial charge in [-0.3, -0.25) is 9.59 Å². The van der Waals surface area contributed by atoms with Crippen molar-refractivity contribution < 1.29 is 31.9 Å². The van der Waals surface area contributed by atoms with Gasteiger partial charge in [0.25, 0.3) is 5.91 Å². The number of imide groups is 1. The van der Waals surface area contributed by atoms with Gasteiger partial charge >= 0.3 is 12.2 Å². The number of halogens is 4. The highest BCUT2D eigenvalue weighted by Gasteiger charge is 2.52. The Morgan fingerprint density at radius 3 is 2.16 bits per heavy atom. The number of rotatable bonds is 6. The number of anilines is 1. The molecule has 1 heterocycles. The van der Waals surface area contributed by atoms with Gasteiger partial charge in [0.1, 0.15) is 11.4 Å². The summed E-state index contributed by atoms with van der Waals surface area (Å²) in [5.74, 6) is -2.00. The van der Waals surface area contributed by atoms with Crippen molar-refractivity contribution in [3.8, 4) is 17.2 Å². The molecule has 1 aliphatic heterocycles. The highest BCUT2D eigenvalue weighted by Crippen LogP contribution is 2.38. The first-order chi connectivity index (χ1) is 20.3. The number of carbonyl (C=O) groups excluding carboxylic acids is 3. The van der Waals surface area contributed by atoms with Gasteiger partial charge in [0.2, 0.25) is 0 Å². The number of amides is 3. The Kier molecular flexibility index (Phi) is 7.36. The minimum atomic E-state index is -4.90. The van der Waals surface area contributed by atoms with Crippen LogP contribution in [0.4, 0.5) is 28.0 Å². The van der Waals surface area contributed by atoms with Gasteiger partial charge in [0.05, 0.1) is 22.9 Å². The molecule has 216 valence electrons. The van der Waals surface area contributed by atoms with E-state index in [1.54, 1.807) is 24.3 Å². The van der Waals surface area contributed by atoms with E-state index in [1.807, 2.05) is 30.3 Å². The number of hydrogen-bond acceptors (Lipinski definition) is 4. The Bertz CT molecular complexity index is 1790. The average Bonchev–Trinajstić information content (AvgIpc) is 3.16. The molecule has 0 N–H and O–H groups in total. The van der Waals surface area contributed by atoms with E-state index in [4.69, 9.17) is 5.26 Å². The normalized spacial score (nSPS) is 14.6. The number of alkyl halides is 3. The van der Waals surface area contributed by atoms with Gasteiger partial charge in [-0.05, 0) is 60.9 Å². The van der Waals surface area contributed by atoms with Crippen molar-refractivity contribution in [2.75, 3.05) is 4.90 Å². The van der Waals surface area contributed by atoms with Crippen LogP contribution in [0.3, 0.4) is 0 Å². The maximum Gasteiger partial charge on any atom is 0.417 e.